The molecule has 0 bridgehead atoms. The Morgan fingerprint density at radius 1 is 1.23 bits per heavy atom. The summed E-state index contributed by atoms with van der Waals surface area (Å²) in [5.41, 5.74) is 2.22. The van der Waals surface area contributed by atoms with E-state index in [0.717, 1.165) is 46.0 Å². The van der Waals surface area contributed by atoms with Crippen LogP contribution < -0.4 is 10.6 Å². The monoisotopic (exact) mass is 391 g/mol. The minimum absolute atomic E-state index is 0.0773. The summed E-state index contributed by atoms with van der Waals surface area (Å²) in [5.74, 6) is 0.542. The number of nitrogens with zero attached hydrogens (tertiary/aromatic N) is 1. The molecule has 3 heterocycles. The number of carbonyl (C=O) groups excluding carboxylic acids is 1. The summed E-state index contributed by atoms with van der Waals surface area (Å²) in [6.45, 7) is 6.84. The maximum absolute atomic E-state index is 12.7. The van der Waals surface area contributed by atoms with Crippen LogP contribution in [-0.2, 0) is 12.8 Å². The van der Waals surface area contributed by atoms with Gasteiger partial charge in [0.25, 0.3) is 5.91 Å². The molecule has 2 aromatic heterocycles. The molecule has 0 saturated heterocycles. The second kappa shape index (κ2) is 6.06. The third-order valence-electron chi connectivity index (χ3n) is 5.35. The predicted octanol–water partition coefficient (Wildman–Crippen LogP) is 4.72. The van der Waals surface area contributed by atoms with Crippen LogP contribution in [0.4, 0.5) is 10.0 Å². The molecule has 0 radical (unpaired) electrons. The lowest BCUT2D eigenvalue weighted by Crippen LogP contribution is -2.38. The molecular weight excluding hydrogens is 370 g/mol. The van der Waals surface area contributed by atoms with Crippen molar-refractivity contribution in [1.29, 1.82) is 0 Å². The van der Waals surface area contributed by atoms with Gasteiger partial charge in [-0.25, -0.2) is 0 Å². The molecule has 1 aliphatic heterocycles. The van der Waals surface area contributed by atoms with Crippen molar-refractivity contribution >= 4 is 38.6 Å². The van der Waals surface area contributed by atoms with Crippen molar-refractivity contribution in [1.82, 2.24) is 5.32 Å². The van der Waals surface area contributed by atoms with Crippen LogP contribution in [0.5, 0.6) is 0 Å². The van der Waals surface area contributed by atoms with Gasteiger partial charge in [-0.3, -0.25) is 14.9 Å². The van der Waals surface area contributed by atoms with E-state index >= 15 is 0 Å². The van der Waals surface area contributed by atoms with Crippen LogP contribution >= 0.6 is 22.7 Å². The Hall–Kier alpha value is -1.93. The van der Waals surface area contributed by atoms with Crippen LogP contribution in [-0.4, -0.2) is 10.8 Å². The van der Waals surface area contributed by atoms with Crippen molar-refractivity contribution in [3.63, 3.8) is 0 Å². The topological polar surface area (TPSA) is 84.3 Å². The lowest BCUT2D eigenvalue weighted by Gasteiger charge is -2.34. The number of rotatable bonds is 2. The molecule has 2 atom stereocenters. The summed E-state index contributed by atoms with van der Waals surface area (Å²) >= 11 is 2.76. The van der Waals surface area contributed by atoms with E-state index in [-0.39, 0.29) is 16.3 Å². The molecule has 2 aliphatic rings. The number of nitro groups is 1. The first-order valence-corrected chi connectivity index (χ1v) is 10.3. The van der Waals surface area contributed by atoms with Gasteiger partial charge in [0.05, 0.1) is 15.4 Å². The van der Waals surface area contributed by atoms with Crippen molar-refractivity contribution in [2.45, 2.75) is 46.2 Å². The predicted molar refractivity (Wildman–Crippen MR) is 104 cm³/mol. The van der Waals surface area contributed by atoms with Gasteiger partial charge in [0.2, 0.25) is 0 Å². The first-order chi connectivity index (χ1) is 12.2. The van der Waals surface area contributed by atoms with E-state index in [4.69, 9.17) is 0 Å². The highest BCUT2D eigenvalue weighted by Crippen LogP contribution is 2.46. The molecule has 138 valence electrons. The standard InChI is InChI=1S/C18H21N3O3S2/c1-18(2,3)9-4-5-10-12(8-9)26-17-14(10)16(22)19-15(20-17)11-6-7-13(25-11)21(23)24/h6-7,9,15,20H,4-5,8H2,1-3H3,(H,19,22). The molecular formula is C18H21N3O3S2. The number of fused-ring (bicyclic) bond motifs is 3. The highest BCUT2D eigenvalue weighted by atomic mass is 32.1. The highest BCUT2D eigenvalue weighted by Gasteiger charge is 2.36. The summed E-state index contributed by atoms with van der Waals surface area (Å²) in [6.07, 6.45) is 2.65. The van der Waals surface area contributed by atoms with Crippen LogP contribution in [0.15, 0.2) is 12.1 Å². The van der Waals surface area contributed by atoms with Gasteiger partial charge in [0.1, 0.15) is 11.2 Å². The van der Waals surface area contributed by atoms with Crippen LogP contribution in [0.3, 0.4) is 0 Å². The fourth-order valence-electron chi connectivity index (χ4n) is 3.78. The summed E-state index contributed by atoms with van der Waals surface area (Å²) in [5, 5.41) is 18.2. The van der Waals surface area contributed by atoms with E-state index in [1.54, 1.807) is 17.4 Å². The van der Waals surface area contributed by atoms with Crippen LogP contribution in [0.25, 0.3) is 0 Å². The molecule has 8 heteroatoms. The minimum Gasteiger partial charge on any atom is -0.352 e. The molecule has 1 aliphatic carbocycles. The maximum Gasteiger partial charge on any atom is 0.324 e. The van der Waals surface area contributed by atoms with E-state index in [1.165, 1.54) is 16.5 Å². The Kier molecular flexibility index (Phi) is 4.07. The summed E-state index contributed by atoms with van der Waals surface area (Å²) in [7, 11) is 0. The first kappa shape index (κ1) is 17.5. The van der Waals surface area contributed by atoms with Crippen molar-refractivity contribution < 1.29 is 9.72 Å². The van der Waals surface area contributed by atoms with Gasteiger partial charge < -0.3 is 10.6 Å². The van der Waals surface area contributed by atoms with Gasteiger partial charge in [0, 0.05) is 10.9 Å². The first-order valence-electron chi connectivity index (χ1n) is 8.70. The van der Waals surface area contributed by atoms with Gasteiger partial charge in [-0.1, -0.05) is 32.1 Å². The molecule has 2 aromatic rings. The Labute approximate surface area is 159 Å². The maximum atomic E-state index is 12.7. The number of amides is 1. The Morgan fingerprint density at radius 3 is 2.65 bits per heavy atom. The van der Waals surface area contributed by atoms with Crippen LogP contribution in [0.2, 0.25) is 0 Å². The molecule has 2 N–H and O–H groups in total. The van der Waals surface area contributed by atoms with Crippen molar-refractivity contribution in [2.75, 3.05) is 5.32 Å². The Morgan fingerprint density at radius 2 is 2.00 bits per heavy atom. The highest BCUT2D eigenvalue weighted by molar-refractivity contribution is 7.17. The summed E-state index contributed by atoms with van der Waals surface area (Å²) in [4.78, 5) is 25.3. The normalized spacial score (nSPS) is 22.2. The average molecular weight is 392 g/mol. The smallest absolute Gasteiger partial charge is 0.324 e. The van der Waals surface area contributed by atoms with Gasteiger partial charge in [-0.15, -0.1) is 11.3 Å². The molecule has 2 unspecified atom stereocenters. The molecule has 4 rings (SSSR count). The molecule has 6 nitrogen and oxygen atoms in total. The zero-order chi connectivity index (χ0) is 18.6. The van der Waals surface area contributed by atoms with Gasteiger partial charge in [-0.2, -0.15) is 0 Å². The fraction of sp³-hybridized carbons (Fsp3) is 0.500. The lowest BCUT2D eigenvalue weighted by atomic mass is 9.72. The van der Waals surface area contributed by atoms with Gasteiger partial charge >= 0.3 is 5.00 Å². The fourth-order valence-corrected chi connectivity index (χ4v) is 5.95. The molecule has 0 aromatic carbocycles. The molecule has 0 saturated carbocycles. The number of hydrogen-bond acceptors (Lipinski definition) is 6. The van der Waals surface area contributed by atoms with Gasteiger partial charge in [-0.05, 0) is 42.2 Å². The second-order valence-electron chi connectivity index (χ2n) is 8.00. The number of carbonyl (C=O) groups is 1. The van der Waals surface area contributed by atoms with E-state index in [2.05, 4.69) is 31.4 Å². The quantitative estimate of drug-likeness (QED) is 0.573. The van der Waals surface area contributed by atoms with Crippen LogP contribution in [0, 0.1) is 21.4 Å². The number of thiophene rings is 2. The number of hydrogen-bond donors (Lipinski definition) is 2. The molecule has 0 spiro atoms. The lowest BCUT2D eigenvalue weighted by molar-refractivity contribution is -0.380. The van der Waals surface area contributed by atoms with Crippen molar-refractivity contribution in [3.8, 4) is 0 Å². The zero-order valence-corrected chi connectivity index (χ0v) is 16.6. The van der Waals surface area contributed by atoms with E-state index < -0.39 is 11.1 Å². The number of anilines is 1. The molecule has 26 heavy (non-hydrogen) atoms. The van der Waals surface area contributed by atoms with Crippen molar-refractivity contribution in [3.05, 3.63) is 43.1 Å². The summed E-state index contributed by atoms with van der Waals surface area (Å²) in [6, 6.07) is 3.19. The van der Waals surface area contributed by atoms with Crippen LogP contribution in [0.1, 0.15) is 59.0 Å². The Bertz CT molecular complexity index is 894. The van der Waals surface area contributed by atoms with Gasteiger partial charge in [0.15, 0.2) is 0 Å². The largest absolute Gasteiger partial charge is 0.352 e. The van der Waals surface area contributed by atoms with E-state index in [1.807, 2.05) is 0 Å². The summed E-state index contributed by atoms with van der Waals surface area (Å²) < 4.78 is 0. The van der Waals surface area contributed by atoms with E-state index in [0.29, 0.717) is 5.92 Å². The Balaban J connectivity index is 1.63. The third kappa shape index (κ3) is 2.91. The third-order valence-corrected chi connectivity index (χ3v) is 7.63. The average Bonchev–Trinajstić information content (AvgIpc) is 3.18. The second-order valence-corrected chi connectivity index (χ2v) is 10.2. The minimum atomic E-state index is -0.410. The SMILES string of the molecule is CC(C)(C)C1CCc2c(sc3c2C(=O)NC(c2ccc([N+](=O)[O-])s2)N3)C1. The molecule has 1 amide bonds. The van der Waals surface area contributed by atoms with Crippen molar-refractivity contribution in [2.24, 2.45) is 11.3 Å². The zero-order valence-electron chi connectivity index (χ0n) is 14.9. The van der Waals surface area contributed by atoms with E-state index in [9.17, 15) is 14.9 Å². The number of nitrogens with one attached hydrogen (secondary N) is 2. The molecule has 0 fully saturated rings.